The fraction of sp³-hybridized carbons (Fsp3) is 0.444. The van der Waals surface area contributed by atoms with E-state index in [4.69, 9.17) is 8.94 Å². The molecule has 0 saturated carbocycles. The Labute approximate surface area is 155 Å². The topological polar surface area (TPSA) is 111 Å². The van der Waals surface area contributed by atoms with Gasteiger partial charge in [-0.1, -0.05) is 12.1 Å². The van der Waals surface area contributed by atoms with E-state index in [0.29, 0.717) is 36.3 Å². The number of carbonyl (C=O) groups is 1. The van der Waals surface area contributed by atoms with E-state index in [9.17, 15) is 4.79 Å². The third kappa shape index (κ3) is 3.57. The van der Waals surface area contributed by atoms with Crippen molar-refractivity contribution in [2.75, 3.05) is 13.1 Å². The Balaban J connectivity index is 1.43. The minimum atomic E-state index is -0.132. The maximum absolute atomic E-state index is 12.6. The highest BCUT2D eigenvalue weighted by Crippen LogP contribution is 2.29. The molecule has 0 bridgehead atoms. The number of nitrogens with zero attached hydrogens (tertiary/aromatic N) is 6. The van der Waals surface area contributed by atoms with Gasteiger partial charge in [0.15, 0.2) is 5.69 Å². The Morgan fingerprint density at radius 3 is 2.96 bits per heavy atom. The zero-order valence-corrected chi connectivity index (χ0v) is 15.3. The van der Waals surface area contributed by atoms with Crippen molar-refractivity contribution in [1.29, 1.82) is 0 Å². The molecule has 140 valence electrons. The Hall–Kier alpha value is -3.10. The molecule has 0 spiro atoms. The minimum Gasteiger partial charge on any atom is -0.419 e. The summed E-state index contributed by atoms with van der Waals surface area (Å²) in [5, 5.41) is 12.1. The zero-order valence-electron chi connectivity index (χ0n) is 15.3. The van der Waals surface area contributed by atoms with Gasteiger partial charge in [-0.3, -0.25) is 9.78 Å². The molecule has 3 aromatic heterocycles. The second-order valence-corrected chi connectivity index (χ2v) is 6.65. The van der Waals surface area contributed by atoms with Gasteiger partial charge in [0.05, 0.1) is 17.8 Å². The van der Waals surface area contributed by atoms with Crippen molar-refractivity contribution in [2.24, 2.45) is 0 Å². The predicted molar refractivity (Wildman–Crippen MR) is 93.8 cm³/mol. The summed E-state index contributed by atoms with van der Waals surface area (Å²) < 4.78 is 11.0. The van der Waals surface area contributed by atoms with Gasteiger partial charge in [-0.05, 0) is 19.8 Å². The first-order valence-electron chi connectivity index (χ1n) is 9.01. The molecule has 1 aliphatic rings. The van der Waals surface area contributed by atoms with E-state index in [0.717, 1.165) is 30.7 Å². The van der Waals surface area contributed by atoms with Crippen LogP contribution in [-0.4, -0.2) is 49.2 Å². The smallest absolute Gasteiger partial charge is 0.276 e. The summed E-state index contributed by atoms with van der Waals surface area (Å²) in [6.45, 7) is 5.04. The minimum absolute atomic E-state index is 0.00405. The van der Waals surface area contributed by atoms with Crippen LogP contribution >= 0.6 is 0 Å². The summed E-state index contributed by atoms with van der Waals surface area (Å²) in [6.07, 6.45) is 5.73. The molecule has 4 rings (SSSR count). The van der Waals surface area contributed by atoms with Crippen molar-refractivity contribution in [3.8, 4) is 11.6 Å². The summed E-state index contributed by atoms with van der Waals surface area (Å²) >= 11 is 0. The lowest BCUT2D eigenvalue weighted by atomic mass is 10.1. The van der Waals surface area contributed by atoms with Crippen LogP contribution in [0.5, 0.6) is 0 Å². The maximum atomic E-state index is 12.6. The van der Waals surface area contributed by atoms with E-state index in [2.05, 4.69) is 32.2 Å². The molecule has 1 fully saturated rings. The first-order chi connectivity index (χ1) is 13.1. The van der Waals surface area contributed by atoms with Crippen LogP contribution in [0.4, 0.5) is 0 Å². The lowest BCUT2D eigenvalue weighted by Gasteiger charge is -2.13. The number of aromatic nitrogens is 5. The van der Waals surface area contributed by atoms with Crippen molar-refractivity contribution in [3.05, 3.63) is 41.5 Å². The molecule has 0 radical (unpaired) electrons. The fourth-order valence-corrected chi connectivity index (χ4v) is 3.09. The first kappa shape index (κ1) is 17.3. The lowest BCUT2D eigenvalue weighted by molar-refractivity contribution is 0.0779. The molecule has 9 nitrogen and oxygen atoms in total. The largest absolute Gasteiger partial charge is 0.419 e. The highest BCUT2D eigenvalue weighted by Gasteiger charge is 2.32. The molecule has 1 amide bonds. The number of hydrogen-bond acceptors (Lipinski definition) is 8. The van der Waals surface area contributed by atoms with E-state index >= 15 is 0 Å². The SMILES string of the molecule is CCCc1cc(C(=O)N2CCC(c3nnc(-c4cnc(C)cn4)o3)C2)no1. The van der Waals surface area contributed by atoms with Gasteiger partial charge in [0.1, 0.15) is 11.5 Å². The lowest BCUT2D eigenvalue weighted by Crippen LogP contribution is -2.28. The van der Waals surface area contributed by atoms with Crippen LogP contribution < -0.4 is 0 Å². The molecule has 27 heavy (non-hydrogen) atoms. The number of hydrogen-bond donors (Lipinski definition) is 0. The van der Waals surface area contributed by atoms with E-state index in [-0.39, 0.29) is 11.8 Å². The molecule has 1 unspecified atom stereocenters. The van der Waals surface area contributed by atoms with E-state index in [1.165, 1.54) is 0 Å². The second kappa shape index (κ2) is 7.26. The zero-order chi connectivity index (χ0) is 18.8. The predicted octanol–water partition coefficient (Wildman–Crippen LogP) is 2.41. The molecule has 0 aliphatic carbocycles. The van der Waals surface area contributed by atoms with Crippen LogP contribution in [0.3, 0.4) is 0 Å². The van der Waals surface area contributed by atoms with Gasteiger partial charge < -0.3 is 13.8 Å². The van der Waals surface area contributed by atoms with Crippen molar-refractivity contribution in [2.45, 2.75) is 39.0 Å². The molecular formula is C18H20N6O3. The summed E-state index contributed by atoms with van der Waals surface area (Å²) in [5.74, 6) is 1.44. The summed E-state index contributed by atoms with van der Waals surface area (Å²) in [6, 6.07) is 1.72. The molecule has 9 heteroatoms. The second-order valence-electron chi connectivity index (χ2n) is 6.65. The molecular weight excluding hydrogens is 348 g/mol. The van der Waals surface area contributed by atoms with Gasteiger partial charge in [-0.2, -0.15) is 0 Å². The Morgan fingerprint density at radius 1 is 1.30 bits per heavy atom. The number of aryl methyl sites for hydroxylation is 2. The first-order valence-corrected chi connectivity index (χ1v) is 9.01. The number of carbonyl (C=O) groups excluding carboxylic acids is 1. The quantitative estimate of drug-likeness (QED) is 0.675. The highest BCUT2D eigenvalue weighted by atomic mass is 16.5. The standard InChI is InChI=1S/C18H20N6O3/c1-3-4-13-7-14(23-27-13)18(25)24-6-5-12(10-24)16-21-22-17(26-16)15-9-19-11(2)8-20-15/h7-9,12H,3-6,10H2,1-2H3. The van der Waals surface area contributed by atoms with Crippen LogP contribution in [0.2, 0.25) is 0 Å². The molecule has 0 N–H and O–H groups in total. The third-order valence-electron chi connectivity index (χ3n) is 4.54. The van der Waals surface area contributed by atoms with Crippen LogP contribution in [0.1, 0.15) is 53.5 Å². The average molecular weight is 368 g/mol. The van der Waals surface area contributed by atoms with Gasteiger partial charge in [0.2, 0.25) is 5.89 Å². The highest BCUT2D eigenvalue weighted by molar-refractivity contribution is 5.92. The van der Waals surface area contributed by atoms with E-state index in [1.54, 1.807) is 23.4 Å². The van der Waals surface area contributed by atoms with Crippen molar-refractivity contribution < 1.29 is 13.7 Å². The summed E-state index contributed by atoms with van der Waals surface area (Å²) in [5.41, 5.74) is 1.70. The third-order valence-corrected chi connectivity index (χ3v) is 4.54. The van der Waals surface area contributed by atoms with Crippen LogP contribution in [0, 0.1) is 6.92 Å². The molecule has 3 aromatic rings. The van der Waals surface area contributed by atoms with Crippen LogP contribution in [0.25, 0.3) is 11.6 Å². The van der Waals surface area contributed by atoms with Crippen molar-refractivity contribution >= 4 is 5.91 Å². The Kier molecular flexibility index (Phi) is 4.66. The monoisotopic (exact) mass is 368 g/mol. The van der Waals surface area contributed by atoms with Crippen molar-refractivity contribution in [1.82, 2.24) is 30.2 Å². The molecule has 4 heterocycles. The summed E-state index contributed by atoms with van der Waals surface area (Å²) in [4.78, 5) is 22.8. The Bertz CT molecular complexity index is 933. The van der Waals surface area contributed by atoms with Gasteiger partial charge in [-0.15, -0.1) is 10.2 Å². The normalized spacial score (nSPS) is 16.8. The average Bonchev–Trinajstić information content (AvgIpc) is 3.42. The number of rotatable bonds is 5. The van der Waals surface area contributed by atoms with E-state index in [1.807, 2.05) is 6.92 Å². The maximum Gasteiger partial charge on any atom is 0.276 e. The molecule has 0 aromatic carbocycles. The number of amides is 1. The molecule has 1 saturated heterocycles. The van der Waals surface area contributed by atoms with Crippen LogP contribution in [-0.2, 0) is 6.42 Å². The van der Waals surface area contributed by atoms with Crippen molar-refractivity contribution in [3.63, 3.8) is 0 Å². The molecule has 1 aliphatic heterocycles. The fourth-order valence-electron chi connectivity index (χ4n) is 3.09. The van der Waals surface area contributed by atoms with E-state index < -0.39 is 0 Å². The Morgan fingerprint density at radius 2 is 2.19 bits per heavy atom. The van der Waals surface area contributed by atoms with Gasteiger partial charge in [0.25, 0.3) is 11.8 Å². The molecule has 1 atom stereocenters. The van der Waals surface area contributed by atoms with Crippen LogP contribution in [0.15, 0.2) is 27.4 Å². The summed E-state index contributed by atoms with van der Waals surface area (Å²) in [7, 11) is 0. The van der Waals surface area contributed by atoms with Gasteiger partial charge in [0, 0.05) is 31.8 Å². The van der Waals surface area contributed by atoms with Gasteiger partial charge >= 0.3 is 0 Å². The number of likely N-dealkylation sites (tertiary alicyclic amines) is 1. The van der Waals surface area contributed by atoms with Gasteiger partial charge in [-0.25, -0.2) is 4.98 Å².